The minimum atomic E-state index is -0.822. The zero-order valence-corrected chi connectivity index (χ0v) is 34.8. The number of aliphatic hydroxyl groups excluding tert-OH is 1. The molecule has 7 rings (SSSR count). The summed E-state index contributed by atoms with van der Waals surface area (Å²) in [5.41, 5.74) is 11.5. The van der Waals surface area contributed by atoms with Crippen molar-refractivity contribution in [2.45, 2.75) is 83.8 Å². The van der Waals surface area contributed by atoms with Crippen LogP contribution < -0.4 is 26.0 Å². The van der Waals surface area contributed by atoms with Crippen LogP contribution in [-0.2, 0) is 22.6 Å². The van der Waals surface area contributed by atoms with Crippen LogP contribution in [0.4, 0.5) is 5.69 Å². The third-order valence-corrected chi connectivity index (χ3v) is 13.0. The van der Waals surface area contributed by atoms with Gasteiger partial charge in [0.1, 0.15) is 11.8 Å². The summed E-state index contributed by atoms with van der Waals surface area (Å²) in [6, 6.07) is 21.2. The maximum atomic E-state index is 14.3. The second-order valence-corrected chi connectivity index (χ2v) is 17.6. The number of fused-ring (bicyclic) bond motifs is 2. The van der Waals surface area contributed by atoms with Crippen molar-refractivity contribution >= 4 is 17.5 Å². The predicted molar refractivity (Wildman–Crippen MR) is 222 cm³/mol. The number of nitrogens with zero attached hydrogens (tertiary/aromatic N) is 3. The van der Waals surface area contributed by atoms with Crippen LogP contribution in [0.15, 0.2) is 66.7 Å². The topological polar surface area (TPSA) is 133 Å². The van der Waals surface area contributed by atoms with Crippen molar-refractivity contribution in [3.05, 3.63) is 83.4 Å². The first kappa shape index (κ1) is 41.6. The van der Waals surface area contributed by atoms with Gasteiger partial charge in [0.15, 0.2) is 0 Å². The molecule has 1 aliphatic heterocycles. The Kier molecular flexibility index (Phi) is 12.8. The highest BCUT2D eigenvalue weighted by atomic mass is 16.7. The van der Waals surface area contributed by atoms with E-state index in [0.29, 0.717) is 47.4 Å². The summed E-state index contributed by atoms with van der Waals surface area (Å²) >= 11 is 0. The van der Waals surface area contributed by atoms with Crippen molar-refractivity contribution in [2.24, 2.45) is 34.8 Å². The van der Waals surface area contributed by atoms with Gasteiger partial charge in [-0.1, -0.05) is 69.3 Å². The number of amides is 2. The molecule has 3 saturated carbocycles. The number of likely N-dealkylation sites (N-methyl/N-ethyl adjacent to an activating group) is 1. The summed E-state index contributed by atoms with van der Waals surface area (Å²) < 4.78 is 6.13. The Balaban J connectivity index is 1.28. The monoisotopic (exact) mass is 768 g/mol. The maximum Gasteiger partial charge on any atom is 0.251 e. The molecule has 0 spiro atoms. The third-order valence-electron chi connectivity index (χ3n) is 13.0. The molecule has 3 aromatic carbocycles. The Morgan fingerprint density at radius 1 is 1.05 bits per heavy atom. The molecule has 11 heteroatoms. The number of nitrogens with one attached hydrogen (secondary N) is 2. The SMILES string of the molecule is COc1c(CN2O[C@@H](CN)[C@@H]([C@H](C)O)[C@H]2C(=O)N[C@H]2C[C@H]3C[C@H]([C@@H]2C)C3(C)C)cccc1-c1cc(C(=O)N[C@@H](Cc2ccccc2)CN(C)C)cc(N(C)C)c1. The number of rotatable bonds is 15. The summed E-state index contributed by atoms with van der Waals surface area (Å²) in [7, 11) is 9.57. The summed E-state index contributed by atoms with van der Waals surface area (Å²) in [6.45, 7) is 9.74. The van der Waals surface area contributed by atoms with E-state index in [0.717, 1.165) is 34.4 Å². The van der Waals surface area contributed by atoms with E-state index >= 15 is 0 Å². The molecular weight excluding hydrogens is 705 g/mol. The molecular formula is C45H64N6O5. The van der Waals surface area contributed by atoms with Crippen LogP contribution in [-0.4, -0.2) is 106 Å². The molecule has 0 radical (unpaired) electrons. The molecule has 5 N–H and O–H groups in total. The van der Waals surface area contributed by atoms with E-state index in [1.807, 2.05) is 87.7 Å². The van der Waals surface area contributed by atoms with Crippen molar-refractivity contribution in [3.63, 3.8) is 0 Å². The van der Waals surface area contributed by atoms with Gasteiger partial charge in [0.05, 0.1) is 25.9 Å². The fourth-order valence-corrected chi connectivity index (χ4v) is 9.80. The number of hydrogen-bond acceptors (Lipinski definition) is 9. The number of benzene rings is 3. The fraction of sp³-hybridized carbons (Fsp3) is 0.556. The molecule has 4 fully saturated rings. The highest BCUT2D eigenvalue weighted by Crippen LogP contribution is 2.61. The Labute approximate surface area is 333 Å². The number of carbonyl (C=O) groups excluding carboxylic acids is 2. The van der Waals surface area contributed by atoms with Gasteiger partial charge in [-0.3, -0.25) is 14.4 Å². The normalized spacial score (nSPS) is 26.6. The van der Waals surface area contributed by atoms with Crippen LogP contribution >= 0.6 is 0 Å². The van der Waals surface area contributed by atoms with Crippen LogP contribution in [0, 0.1) is 29.1 Å². The van der Waals surface area contributed by atoms with Gasteiger partial charge in [-0.2, -0.15) is 5.06 Å². The standard InChI is InChI=1S/C45H64N6O5/c1-27-37-22-33(45(37,3)4)23-38(27)48-44(54)41-40(28(2)52)39(24-46)56-51(41)25-30-16-13-17-36(42(30)55-9)31-19-32(21-35(20-31)50(7)8)43(53)47-34(26-49(5)6)18-29-14-11-10-12-15-29/h10-17,19-21,27-28,33-34,37-41,52H,18,22-26,46H2,1-9H3,(H,47,53)(H,48,54)/t27-,28-,33+,34-,37+,38-,39-,40+,41-/m0/s1. The van der Waals surface area contributed by atoms with Gasteiger partial charge in [0, 0.05) is 67.6 Å². The molecule has 11 nitrogen and oxygen atoms in total. The minimum Gasteiger partial charge on any atom is -0.496 e. The molecule has 3 aromatic rings. The molecule has 0 aromatic heterocycles. The molecule has 2 bridgehead atoms. The summed E-state index contributed by atoms with van der Waals surface area (Å²) in [5.74, 6) is 1.31. The summed E-state index contributed by atoms with van der Waals surface area (Å²) in [4.78, 5) is 38.9. The Morgan fingerprint density at radius 2 is 1.79 bits per heavy atom. The van der Waals surface area contributed by atoms with E-state index in [1.54, 1.807) is 19.1 Å². The first-order valence-corrected chi connectivity index (χ1v) is 20.2. The average molecular weight is 769 g/mol. The lowest BCUT2D eigenvalue weighted by molar-refractivity contribution is -0.175. The second kappa shape index (κ2) is 17.2. The number of ether oxygens (including phenoxy) is 1. The molecule has 304 valence electrons. The smallest absolute Gasteiger partial charge is 0.251 e. The molecule has 0 unspecified atom stereocenters. The van der Waals surface area contributed by atoms with E-state index in [1.165, 1.54) is 6.42 Å². The first-order valence-electron chi connectivity index (χ1n) is 20.2. The number of para-hydroxylation sites is 1. The van der Waals surface area contributed by atoms with Gasteiger partial charge >= 0.3 is 0 Å². The van der Waals surface area contributed by atoms with Gasteiger partial charge < -0.3 is 36.0 Å². The van der Waals surface area contributed by atoms with Gasteiger partial charge in [0.25, 0.3) is 5.91 Å². The molecule has 9 atom stereocenters. The Hall–Kier alpha value is -4.00. The van der Waals surface area contributed by atoms with E-state index in [9.17, 15) is 14.7 Å². The zero-order valence-electron chi connectivity index (χ0n) is 34.8. The van der Waals surface area contributed by atoms with E-state index < -0.39 is 24.2 Å². The molecule has 4 aliphatic rings. The van der Waals surface area contributed by atoms with Crippen LogP contribution in [0.2, 0.25) is 0 Å². The van der Waals surface area contributed by atoms with Crippen LogP contribution in [0.3, 0.4) is 0 Å². The Bertz CT molecular complexity index is 1830. The molecule has 2 amide bonds. The zero-order chi connectivity index (χ0) is 40.5. The molecule has 56 heavy (non-hydrogen) atoms. The van der Waals surface area contributed by atoms with E-state index in [4.69, 9.17) is 15.3 Å². The predicted octanol–water partition coefficient (Wildman–Crippen LogP) is 4.96. The van der Waals surface area contributed by atoms with Gasteiger partial charge in [-0.15, -0.1) is 0 Å². The highest BCUT2D eigenvalue weighted by Gasteiger charge is 2.57. The molecule has 1 heterocycles. The van der Waals surface area contributed by atoms with Gasteiger partial charge in [-0.05, 0) is 92.8 Å². The first-order chi connectivity index (χ1) is 26.6. The lowest BCUT2D eigenvalue weighted by atomic mass is 9.45. The number of aliphatic hydroxyl groups is 1. The largest absolute Gasteiger partial charge is 0.496 e. The molecule has 3 aliphatic carbocycles. The number of hydroxylamine groups is 2. The summed E-state index contributed by atoms with van der Waals surface area (Å²) in [6.07, 6.45) is 1.52. The van der Waals surface area contributed by atoms with E-state index in [-0.39, 0.29) is 37.0 Å². The van der Waals surface area contributed by atoms with Crippen LogP contribution in [0.1, 0.15) is 62.0 Å². The van der Waals surface area contributed by atoms with Crippen molar-refractivity contribution in [3.8, 4) is 16.9 Å². The highest BCUT2D eigenvalue weighted by molar-refractivity contribution is 5.97. The summed E-state index contributed by atoms with van der Waals surface area (Å²) in [5, 5.41) is 19.4. The number of hydrogen-bond donors (Lipinski definition) is 4. The number of anilines is 1. The number of carbonyl (C=O) groups is 2. The molecule has 1 saturated heterocycles. The fourth-order valence-electron chi connectivity index (χ4n) is 9.80. The van der Waals surface area contributed by atoms with E-state index in [2.05, 4.69) is 48.4 Å². The van der Waals surface area contributed by atoms with Crippen LogP contribution in [0.5, 0.6) is 5.75 Å². The Morgan fingerprint density at radius 3 is 2.39 bits per heavy atom. The van der Waals surface area contributed by atoms with Gasteiger partial charge in [-0.25, -0.2) is 0 Å². The lowest BCUT2D eigenvalue weighted by Gasteiger charge is -2.62. The third kappa shape index (κ3) is 8.62. The number of methoxy groups -OCH3 is 1. The van der Waals surface area contributed by atoms with Gasteiger partial charge in [0.2, 0.25) is 5.91 Å². The van der Waals surface area contributed by atoms with Crippen LogP contribution in [0.25, 0.3) is 11.1 Å². The van der Waals surface area contributed by atoms with Crippen molar-refractivity contribution < 1.29 is 24.3 Å². The minimum absolute atomic E-state index is 0.0671. The average Bonchev–Trinajstić information content (AvgIpc) is 3.53. The number of nitrogens with two attached hydrogens (primary N) is 1. The quantitative estimate of drug-likeness (QED) is 0.170. The lowest BCUT2D eigenvalue weighted by Crippen LogP contribution is -2.62. The van der Waals surface area contributed by atoms with Crippen molar-refractivity contribution in [1.29, 1.82) is 0 Å². The van der Waals surface area contributed by atoms with Crippen molar-refractivity contribution in [1.82, 2.24) is 20.6 Å². The second-order valence-electron chi connectivity index (χ2n) is 17.6. The van der Waals surface area contributed by atoms with Crippen molar-refractivity contribution in [2.75, 3.05) is 53.3 Å². The maximum absolute atomic E-state index is 14.3.